The van der Waals surface area contributed by atoms with Gasteiger partial charge in [-0.25, -0.2) is 12.8 Å². The highest BCUT2D eigenvalue weighted by molar-refractivity contribution is 7.89. The first-order chi connectivity index (χ1) is 15.2. The Morgan fingerprint density at radius 1 is 1.19 bits per heavy atom. The predicted molar refractivity (Wildman–Crippen MR) is 116 cm³/mol. The third-order valence-electron chi connectivity index (χ3n) is 5.27. The lowest BCUT2D eigenvalue weighted by molar-refractivity contribution is -0.120. The summed E-state index contributed by atoms with van der Waals surface area (Å²) in [5.41, 5.74) is 0.963. The van der Waals surface area contributed by atoms with Gasteiger partial charge >= 0.3 is 0 Å². The van der Waals surface area contributed by atoms with Crippen molar-refractivity contribution in [2.75, 3.05) is 18.4 Å². The minimum atomic E-state index is -3.89. The first-order valence-corrected chi connectivity index (χ1v) is 11.7. The summed E-state index contributed by atoms with van der Waals surface area (Å²) in [6.07, 6.45) is 0.710. The van der Waals surface area contributed by atoms with Crippen LogP contribution in [0.4, 0.5) is 10.1 Å². The fourth-order valence-corrected chi connectivity index (χ4v) is 5.50. The highest BCUT2D eigenvalue weighted by atomic mass is 35.5. The number of anilines is 1. The van der Waals surface area contributed by atoms with Crippen LogP contribution in [0.3, 0.4) is 0 Å². The molecule has 0 radical (unpaired) electrons. The summed E-state index contributed by atoms with van der Waals surface area (Å²) in [5, 5.41) is 6.65. The van der Waals surface area contributed by atoms with E-state index < -0.39 is 15.8 Å². The molecule has 0 aliphatic carbocycles. The third kappa shape index (κ3) is 4.67. The fraction of sp³-hybridized carbons (Fsp3) is 0.286. The molecule has 0 unspecified atom stereocenters. The summed E-state index contributed by atoms with van der Waals surface area (Å²) < 4.78 is 45.8. The monoisotopic (exact) mass is 478 g/mol. The minimum absolute atomic E-state index is 0.0478. The van der Waals surface area contributed by atoms with Gasteiger partial charge in [0.05, 0.1) is 5.02 Å². The zero-order chi connectivity index (χ0) is 22.9. The SMILES string of the molecule is Cc1nc(-c2ccc(Cl)c(S(=O)(=O)N3CCC(C(=O)Nc4ccc(F)cc4)CC3)c2)no1. The number of aromatic nitrogens is 2. The van der Waals surface area contributed by atoms with Gasteiger partial charge in [0.25, 0.3) is 0 Å². The quantitative estimate of drug-likeness (QED) is 0.596. The van der Waals surface area contributed by atoms with Crippen molar-refractivity contribution >= 4 is 33.2 Å². The molecule has 11 heteroatoms. The fourth-order valence-electron chi connectivity index (χ4n) is 3.53. The molecule has 0 atom stereocenters. The number of nitrogens with zero attached hydrogens (tertiary/aromatic N) is 3. The summed E-state index contributed by atoms with van der Waals surface area (Å²) in [7, 11) is -3.89. The molecule has 1 N–H and O–H groups in total. The van der Waals surface area contributed by atoms with Gasteiger partial charge in [-0.2, -0.15) is 9.29 Å². The number of hydrogen-bond donors (Lipinski definition) is 1. The first kappa shape index (κ1) is 22.4. The molecule has 3 aromatic rings. The third-order valence-corrected chi connectivity index (χ3v) is 7.65. The van der Waals surface area contributed by atoms with Crippen LogP contribution in [0.25, 0.3) is 11.4 Å². The van der Waals surface area contributed by atoms with Gasteiger partial charge in [0.1, 0.15) is 10.7 Å². The van der Waals surface area contributed by atoms with E-state index in [1.165, 1.54) is 40.7 Å². The average molecular weight is 479 g/mol. The van der Waals surface area contributed by atoms with Gasteiger partial charge in [0.2, 0.25) is 27.6 Å². The van der Waals surface area contributed by atoms with Crippen LogP contribution in [-0.2, 0) is 14.8 Å². The Hall–Kier alpha value is -2.82. The Morgan fingerprint density at radius 3 is 2.50 bits per heavy atom. The predicted octanol–water partition coefficient (Wildman–Crippen LogP) is 3.88. The van der Waals surface area contributed by atoms with Gasteiger partial charge in [-0.1, -0.05) is 16.8 Å². The maximum absolute atomic E-state index is 13.2. The van der Waals surface area contributed by atoms with Gasteiger partial charge in [-0.3, -0.25) is 4.79 Å². The Labute approximate surface area is 189 Å². The molecule has 168 valence electrons. The Kier molecular flexibility index (Phi) is 6.27. The summed E-state index contributed by atoms with van der Waals surface area (Å²) in [6, 6.07) is 10.0. The number of carbonyl (C=O) groups is 1. The lowest BCUT2D eigenvalue weighted by atomic mass is 9.97. The molecule has 4 rings (SSSR count). The van der Waals surface area contributed by atoms with Gasteiger partial charge < -0.3 is 9.84 Å². The number of rotatable bonds is 5. The lowest BCUT2D eigenvalue weighted by Crippen LogP contribution is -2.41. The van der Waals surface area contributed by atoms with E-state index in [9.17, 15) is 17.6 Å². The smallest absolute Gasteiger partial charge is 0.244 e. The molecule has 32 heavy (non-hydrogen) atoms. The molecular formula is C21H20ClFN4O4S. The number of benzene rings is 2. The minimum Gasteiger partial charge on any atom is -0.339 e. The second-order valence-corrected chi connectivity index (χ2v) is 9.77. The lowest BCUT2D eigenvalue weighted by Gasteiger charge is -2.30. The maximum Gasteiger partial charge on any atom is 0.244 e. The highest BCUT2D eigenvalue weighted by Gasteiger charge is 2.33. The van der Waals surface area contributed by atoms with Crippen molar-refractivity contribution in [1.29, 1.82) is 0 Å². The van der Waals surface area contributed by atoms with E-state index in [1.807, 2.05) is 0 Å². The highest BCUT2D eigenvalue weighted by Crippen LogP contribution is 2.31. The van der Waals surface area contributed by atoms with E-state index in [-0.39, 0.29) is 40.7 Å². The Morgan fingerprint density at radius 2 is 1.88 bits per heavy atom. The van der Waals surface area contributed by atoms with Crippen LogP contribution >= 0.6 is 11.6 Å². The van der Waals surface area contributed by atoms with Crippen LogP contribution < -0.4 is 5.32 Å². The molecule has 0 bridgehead atoms. The number of carbonyl (C=O) groups excluding carboxylic acids is 1. The molecule has 2 heterocycles. The number of amides is 1. The van der Waals surface area contributed by atoms with Gasteiger partial charge in [0.15, 0.2) is 0 Å². The Bertz CT molecular complexity index is 1240. The number of sulfonamides is 1. The van der Waals surface area contributed by atoms with E-state index in [0.717, 1.165) is 0 Å². The summed E-state index contributed by atoms with van der Waals surface area (Å²) >= 11 is 6.21. The maximum atomic E-state index is 13.2. The molecule has 8 nitrogen and oxygen atoms in total. The molecule has 0 spiro atoms. The summed E-state index contributed by atoms with van der Waals surface area (Å²) in [4.78, 5) is 16.6. The summed E-state index contributed by atoms with van der Waals surface area (Å²) in [5.74, 6) is -0.331. The van der Waals surface area contributed by atoms with E-state index >= 15 is 0 Å². The number of piperidine rings is 1. The molecule has 1 amide bonds. The van der Waals surface area contributed by atoms with Crippen LogP contribution in [0, 0.1) is 18.7 Å². The first-order valence-electron chi connectivity index (χ1n) is 9.91. The molecule has 0 saturated carbocycles. The summed E-state index contributed by atoms with van der Waals surface area (Å²) in [6.45, 7) is 1.98. The van der Waals surface area contributed by atoms with Gasteiger partial charge in [-0.05, 0) is 55.3 Å². The van der Waals surface area contributed by atoms with Crippen molar-refractivity contribution in [3.8, 4) is 11.4 Å². The topological polar surface area (TPSA) is 105 Å². The normalized spacial score (nSPS) is 15.6. The number of hydrogen-bond acceptors (Lipinski definition) is 6. The molecule has 2 aromatic carbocycles. The van der Waals surface area contributed by atoms with Crippen molar-refractivity contribution < 1.29 is 22.1 Å². The second-order valence-electron chi connectivity index (χ2n) is 7.46. The van der Waals surface area contributed by atoms with Gasteiger partial charge in [0, 0.05) is 37.2 Å². The van der Waals surface area contributed by atoms with Gasteiger partial charge in [-0.15, -0.1) is 0 Å². The number of aryl methyl sites for hydroxylation is 1. The second kappa shape index (κ2) is 8.97. The molecule has 1 saturated heterocycles. The van der Waals surface area contributed by atoms with E-state index in [1.54, 1.807) is 13.0 Å². The standard InChI is InChI=1S/C21H20ClFN4O4S/c1-13-24-20(26-31-13)15-2-7-18(22)19(12-15)32(29,30)27-10-8-14(9-11-27)21(28)25-17-5-3-16(23)4-6-17/h2-7,12,14H,8-11H2,1H3,(H,25,28). The van der Waals surface area contributed by atoms with Crippen molar-refractivity contribution in [3.05, 3.63) is 59.2 Å². The van der Waals surface area contributed by atoms with Crippen LogP contribution in [-0.4, -0.2) is 41.9 Å². The molecule has 1 aromatic heterocycles. The zero-order valence-electron chi connectivity index (χ0n) is 17.1. The van der Waals surface area contributed by atoms with Crippen LogP contribution in [0.1, 0.15) is 18.7 Å². The molecule has 1 fully saturated rings. The van der Waals surface area contributed by atoms with Crippen molar-refractivity contribution in [2.24, 2.45) is 5.92 Å². The molecular weight excluding hydrogens is 459 g/mol. The van der Waals surface area contributed by atoms with Crippen molar-refractivity contribution in [3.63, 3.8) is 0 Å². The molecule has 1 aliphatic heterocycles. The average Bonchev–Trinajstić information content (AvgIpc) is 3.22. The van der Waals surface area contributed by atoms with Crippen LogP contribution in [0.15, 0.2) is 51.9 Å². The van der Waals surface area contributed by atoms with Crippen molar-refractivity contribution in [2.45, 2.75) is 24.7 Å². The zero-order valence-corrected chi connectivity index (χ0v) is 18.7. The largest absolute Gasteiger partial charge is 0.339 e. The van der Waals surface area contributed by atoms with Crippen molar-refractivity contribution in [1.82, 2.24) is 14.4 Å². The van der Waals surface area contributed by atoms with E-state index in [2.05, 4.69) is 15.5 Å². The number of nitrogens with one attached hydrogen (secondary N) is 1. The Balaban J connectivity index is 1.46. The van der Waals surface area contributed by atoms with Crippen LogP contribution in [0.2, 0.25) is 5.02 Å². The van der Waals surface area contributed by atoms with E-state index in [0.29, 0.717) is 30.0 Å². The van der Waals surface area contributed by atoms with E-state index in [4.69, 9.17) is 16.1 Å². The number of halogens is 2. The molecule has 1 aliphatic rings. The van der Waals surface area contributed by atoms with Crippen LogP contribution in [0.5, 0.6) is 0 Å².